The van der Waals surface area contributed by atoms with Gasteiger partial charge in [-0.3, -0.25) is 14.9 Å². The lowest BCUT2D eigenvalue weighted by atomic mass is 10.2. The fourth-order valence-corrected chi connectivity index (χ4v) is 3.13. The van der Waals surface area contributed by atoms with Gasteiger partial charge in [0.1, 0.15) is 16.0 Å². The maximum atomic E-state index is 12.5. The molecule has 25 heavy (non-hydrogen) atoms. The van der Waals surface area contributed by atoms with Crippen molar-refractivity contribution in [2.24, 2.45) is 0 Å². The molecule has 0 aliphatic carbocycles. The van der Waals surface area contributed by atoms with E-state index in [1.165, 1.54) is 17.4 Å². The maximum absolute atomic E-state index is 12.5. The van der Waals surface area contributed by atoms with Crippen LogP contribution in [0.1, 0.15) is 35.3 Å². The molecule has 7 nitrogen and oxygen atoms in total. The number of benzene rings is 1. The average Bonchev–Trinajstić information content (AvgIpc) is 3.22. The van der Waals surface area contributed by atoms with Gasteiger partial charge in [0, 0.05) is 12.0 Å². The van der Waals surface area contributed by atoms with Crippen molar-refractivity contribution in [1.29, 1.82) is 0 Å². The number of nitrogens with one attached hydrogen (secondary N) is 1. The Labute approximate surface area is 145 Å². The van der Waals surface area contributed by atoms with Crippen LogP contribution in [0.15, 0.2) is 44.0 Å². The van der Waals surface area contributed by atoms with Crippen LogP contribution in [0.25, 0.3) is 22.1 Å². The third kappa shape index (κ3) is 2.70. The number of para-hydroxylation sites is 1. The topological polar surface area (TPSA) is 98.2 Å². The summed E-state index contributed by atoms with van der Waals surface area (Å²) in [6, 6.07) is 8.23. The van der Waals surface area contributed by atoms with E-state index in [2.05, 4.69) is 15.5 Å². The van der Waals surface area contributed by atoms with Gasteiger partial charge in [-0.15, -0.1) is 10.2 Å². The molecule has 0 aliphatic rings. The molecular weight excluding hydrogens is 342 g/mol. The number of furan rings is 1. The molecule has 3 heterocycles. The second-order valence-electron chi connectivity index (χ2n) is 5.79. The number of rotatable bonds is 3. The molecule has 0 saturated heterocycles. The summed E-state index contributed by atoms with van der Waals surface area (Å²) in [6.45, 7) is 3.99. The summed E-state index contributed by atoms with van der Waals surface area (Å²) in [4.78, 5) is 24.8. The first-order valence-electron chi connectivity index (χ1n) is 7.63. The lowest BCUT2D eigenvalue weighted by Crippen LogP contribution is -2.10. The highest BCUT2D eigenvalue weighted by Gasteiger charge is 2.19. The molecule has 0 aliphatic heterocycles. The van der Waals surface area contributed by atoms with Gasteiger partial charge < -0.3 is 8.83 Å². The van der Waals surface area contributed by atoms with E-state index in [9.17, 15) is 9.59 Å². The molecule has 0 atom stereocenters. The monoisotopic (exact) mass is 355 g/mol. The van der Waals surface area contributed by atoms with Gasteiger partial charge in [-0.1, -0.05) is 37.3 Å². The number of amides is 1. The van der Waals surface area contributed by atoms with Crippen molar-refractivity contribution in [3.8, 4) is 0 Å². The van der Waals surface area contributed by atoms with Crippen molar-refractivity contribution in [2.45, 2.75) is 19.8 Å². The highest BCUT2D eigenvalue weighted by Crippen LogP contribution is 2.25. The van der Waals surface area contributed by atoms with E-state index in [1.54, 1.807) is 24.3 Å². The van der Waals surface area contributed by atoms with Crippen LogP contribution in [-0.2, 0) is 0 Å². The van der Waals surface area contributed by atoms with Crippen LogP contribution in [0.2, 0.25) is 0 Å². The molecule has 126 valence electrons. The Morgan fingerprint density at radius 1 is 1.16 bits per heavy atom. The lowest BCUT2D eigenvalue weighted by Gasteiger charge is -1.96. The summed E-state index contributed by atoms with van der Waals surface area (Å²) < 4.78 is 11.0. The highest BCUT2D eigenvalue weighted by molar-refractivity contribution is 7.15. The molecule has 0 unspecified atom stereocenters. The molecular formula is C17H13N3O4S. The smallest absolute Gasteiger partial charge is 0.302 e. The minimum absolute atomic E-state index is 0.0209. The molecule has 8 heteroatoms. The van der Waals surface area contributed by atoms with E-state index in [0.717, 1.165) is 5.01 Å². The normalized spacial score (nSPS) is 11.5. The van der Waals surface area contributed by atoms with Crippen LogP contribution in [0, 0.1) is 0 Å². The number of nitrogens with zero attached hydrogens (tertiary/aromatic N) is 2. The van der Waals surface area contributed by atoms with Crippen molar-refractivity contribution in [3.63, 3.8) is 0 Å². The van der Waals surface area contributed by atoms with Crippen LogP contribution in [0.5, 0.6) is 0 Å². The largest absolute Gasteiger partial charge is 0.425 e. The predicted molar refractivity (Wildman–Crippen MR) is 94.2 cm³/mol. The second kappa shape index (κ2) is 5.82. The van der Waals surface area contributed by atoms with Gasteiger partial charge in [-0.05, 0) is 12.1 Å². The minimum atomic E-state index is -0.513. The van der Waals surface area contributed by atoms with Crippen molar-refractivity contribution in [3.05, 3.63) is 51.3 Å². The zero-order valence-electron chi connectivity index (χ0n) is 13.4. The number of anilines is 1. The lowest BCUT2D eigenvalue weighted by molar-refractivity contribution is 0.0997. The fourth-order valence-electron chi connectivity index (χ4n) is 2.39. The fraction of sp³-hybridized carbons (Fsp3) is 0.176. The van der Waals surface area contributed by atoms with Crippen molar-refractivity contribution in [1.82, 2.24) is 10.2 Å². The van der Waals surface area contributed by atoms with Crippen molar-refractivity contribution in [2.75, 3.05) is 5.32 Å². The average molecular weight is 355 g/mol. The quantitative estimate of drug-likeness (QED) is 0.601. The third-order valence-corrected chi connectivity index (χ3v) is 4.80. The number of hydrogen-bond acceptors (Lipinski definition) is 7. The Balaban J connectivity index is 1.71. The zero-order chi connectivity index (χ0) is 17.6. The first-order chi connectivity index (χ1) is 12.0. The highest BCUT2D eigenvalue weighted by atomic mass is 32.1. The standard InChI is InChI=1S/C17H13N3O4S/c1-8(2)15-19-20-17(25-15)18-14(22)12-7-10-13(21)9-5-3-4-6-11(9)23-16(10)24-12/h3-8H,1-2H3,(H,18,20,22). The van der Waals surface area contributed by atoms with Gasteiger partial charge in [0.25, 0.3) is 5.91 Å². The molecule has 3 aromatic heterocycles. The number of aromatic nitrogens is 2. The molecule has 1 N–H and O–H groups in total. The molecule has 1 aromatic carbocycles. The minimum Gasteiger partial charge on any atom is -0.425 e. The van der Waals surface area contributed by atoms with Gasteiger partial charge in [0.15, 0.2) is 5.76 Å². The SMILES string of the molecule is CC(C)c1nnc(NC(=O)c2cc3c(=O)c4ccccc4oc3o2)s1. The summed E-state index contributed by atoms with van der Waals surface area (Å²) >= 11 is 1.30. The van der Waals surface area contributed by atoms with E-state index in [-0.39, 0.29) is 28.3 Å². The van der Waals surface area contributed by atoms with Crippen LogP contribution in [0.4, 0.5) is 5.13 Å². The number of fused-ring (bicyclic) bond motifs is 2. The molecule has 1 amide bonds. The van der Waals surface area contributed by atoms with Crippen LogP contribution >= 0.6 is 11.3 Å². The van der Waals surface area contributed by atoms with Crippen molar-refractivity contribution >= 4 is 44.5 Å². The van der Waals surface area contributed by atoms with Gasteiger partial charge >= 0.3 is 5.78 Å². The molecule has 0 saturated carbocycles. The molecule has 4 aromatic rings. The van der Waals surface area contributed by atoms with Crippen molar-refractivity contribution < 1.29 is 13.6 Å². The van der Waals surface area contributed by atoms with Gasteiger partial charge in [0.2, 0.25) is 10.6 Å². The number of carbonyl (C=O) groups is 1. The van der Waals surface area contributed by atoms with E-state index < -0.39 is 5.91 Å². The Morgan fingerprint density at radius 3 is 2.72 bits per heavy atom. The van der Waals surface area contributed by atoms with E-state index in [0.29, 0.717) is 16.1 Å². The third-order valence-electron chi connectivity index (χ3n) is 3.66. The van der Waals surface area contributed by atoms with Gasteiger partial charge in [0.05, 0.1) is 5.39 Å². The summed E-state index contributed by atoms with van der Waals surface area (Å²) in [5.41, 5.74) is 0.171. The Bertz CT molecular complexity index is 1160. The maximum Gasteiger partial charge on any atom is 0.302 e. The summed E-state index contributed by atoms with van der Waals surface area (Å²) in [6.07, 6.45) is 0. The van der Waals surface area contributed by atoms with E-state index >= 15 is 0 Å². The van der Waals surface area contributed by atoms with E-state index in [4.69, 9.17) is 8.83 Å². The second-order valence-corrected chi connectivity index (χ2v) is 6.80. The predicted octanol–water partition coefficient (Wildman–Crippen LogP) is 3.77. The van der Waals surface area contributed by atoms with Crippen LogP contribution in [0.3, 0.4) is 0 Å². The molecule has 0 radical (unpaired) electrons. The van der Waals surface area contributed by atoms with Gasteiger partial charge in [-0.25, -0.2) is 0 Å². The van der Waals surface area contributed by atoms with Gasteiger partial charge in [-0.2, -0.15) is 0 Å². The first-order valence-corrected chi connectivity index (χ1v) is 8.44. The Morgan fingerprint density at radius 2 is 1.96 bits per heavy atom. The summed E-state index contributed by atoms with van der Waals surface area (Å²) in [5, 5.41) is 12.4. The summed E-state index contributed by atoms with van der Waals surface area (Å²) in [5.74, 6) is -0.286. The molecule has 0 bridgehead atoms. The van der Waals surface area contributed by atoms with Crippen LogP contribution in [-0.4, -0.2) is 16.1 Å². The first kappa shape index (κ1) is 15.5. The zero-order valence-corrected chi connectivity index (χ0v) is 14.2. The summed E-state index contributed by atoms with van der Waals surface area (Å²) in [7, 11) is 0. The molecule has 0 spiro atoms. The number of carbonyl (C=O) groups excluding carboxylic acids is 1. The van der Waals surface area contributed by atoms with Crippen LogP contribution < -0.4 is 10.7 Å². The molecule has 0 fully saturated rings. The Kier molecular flexibility index (Phi) is 3.61. The van der Waals surface area contributed by atoms with E-state index in [1.807, 2.05) is 13.8 Å². The molecule has 4 rings (SSSR count). The number of hydrogen-bond donors (Lipinski definition) is 1. The Hall–Kier alpha value is -3.00.